The van der Waals surface area contributed by atoms with E-state index in [0.717, 1.165) is 36.5 Å². The second-order valence-electron chi connectivity index (χ2n) is 6.00. The average Bonchev–Trinajstić information content (AvgIpc) is 3.25. The molecule has 0 bridgehead atoms. The van der Waals surface area contributed by atoms with Crippen LogP contribution in [0.25, 0.3) is 11.0 Å². The maximum atomic E-state index is 5.44. The van der Waals surface area contributed by atoms with E-state index in [-0.39, 0.29) is 0 Å². The zero-order valence-electron chi connectivity index (χ0n) is 13.2. The largest absolute Gasteiger partial charge is 0.384 e. The summed E-state index contributed by atoms with van der Waals surface area (Å²) >= 11 is 0. The Labute approximate surface area is 133 Å². The van der Waals surface area contributed by atoms with Crippen molar-refractivity contribution in [3.63, 3.8) is 0 Å². The summed E-state index contributed by atoms with van der Waals surface area (Å²) in [7, 11) is 3.70. The van der Waals surface area contributed by atoms with Crippen molar-refractivity contribution in [3.05, 3.63) is 30.5 Å². The molecule has 1 aliphatic heterocycles. The topological polar surface area (TPSA) is 84.8 Å². The van der Waals surface area contributed by atoms with Crippen molar-refractivity contribution >= 4 is 16.9 Å². The van der Waals surface area contributed by atoms with Crippen LogP contribution in [-0.4, -0.2) is 56.8 Å². The first-order chi connectivity index (χ1) is 11.3. The lowest BCUT2D eigenvalue weighted by Crippen LogP contribution is -2.22. The van der Waals surface area contributed by atoms with Crippen molar-refractivity contribution in [1.82, 2.24) is 29.9 Å². The first-order valence-corrected chi connectivity index (χ1v) is 7.62. The Bertz CT molecular complexity index is 811. The van der Waals surface area contributed by atoms with Crippen LogP contribution in [0.4, 0.5) is 5.82 Å². The summed E-state index contributed by atoms with van der Waals surface area (Å²) in [6.07, 6.45) is 7.40. The quantitative estimate of drug-likeness (QED) is 0.772. The second kappa shape index (κ2) is 5.62. The lowest BCUT2D eigenvalue weighted by molar-refractivity contribution is 0.153. The van der Waals surface area contributed by atoms with Gasteiger partial charge in [0.25, 0.3) is 0 Å². The Morgan fingerprint density at radius 3 is 3.00 bits per heavy atom. The van der Waals surface area contributed by atoms with Gasteiger partial charge in [0.15, 0.2) is 5.65 Å². The van der Waals surface area contributed by atoms with E-state index in [1.807, 2.05) is 17.9 Å². The van der Waals surface area contributed by atoms with Crippen LogP contribution in [-0.2, 0) is 11.8 Å². The third-order valence-electron chi connectivity index (χ3n) is 4.50. The third kappa shape index (κ3) is 2.44. The van der Waals surface area contributed by atoms with Crippen molar-refractivity contribution in [3.8, 4) is 0 Å². The van der Waals surface area contributed by atoms with Gasteiger partial charge in [-0.3, -0.25) is 9.78 Å². The number of hydrogen-bond donors (Lipinski definition) is 1. The van der Waals surface area contributed by atoms with Gasteiger partial charge in [0.2, 0.25) is 0 Å². The monoisotopic (exact) mass is 313 g/mol. The number of nitrogens with one attached hydrogen (secondary N) is 1. The molecule has 8 heteroatoms. The van der Waals surface area contributed by atoms with E-state index < -0.39 is 0 Å². The summed E-state index contributed by atoms with van der Waals surface area (Å²) in [5.41, 5.74) is 2.01. The molecule has 0 aliphatic carbocycles. The van der Waals surface area contributed by atoms with Gasteiger partial charge in [-0.1, -0.05) is 0 Å². The van der Waals surface area contributed by atoms with Gasteiger partial charge < -0.3 is 9.64 Å². The molecule has 1 fully saturated rings. The minimum atomic E-state index is 0.376. The zero-order valence-corrected chi connectivity index (χ0v) is 13.2. The third-order valence-corrected chi connectivity index (χ3v) is 4.50. The van der Waals surface area contributed by atoms with Crippen LogP contribution in [0.3, 0.4) is 0 Å². The molecular weight excluding hydrogens is 294 g/mol. The van der Waals surface area contributed by atoms with Crippen LogP contribution in [0.5, 0.6) is 0 Å². The number of methoxy groups -OCH3 is 1. The maximum absolute atomic E-state index is 5.44. The Morgan fingerprint density at radius 2 is 2.22 bits per heavy atom. The molecule has 0 saturated carbocycles. The number of aromatic nitrogens is 6. The molecule has 4 heterocycles. The maximum Gasteiger partial charge on any atom is 0.160 e. The minimum absolute atomic E-state index is 0.376. The smallest absolute Gasteiger partial charge is 0.160 e. The molecule has 0 amide bonds. The van der Waals surface area contributed by atoms with E-state index >= 15 is 0 Å². The first kappa shape index (κ1) is 14.1. The summed E-state index contributed by atoms with van der Waals surface area (Å²) in [5.74, 6) is 1.71. The van der Waals surface area contributed by atoms with Crippen LogP contribution in [0.2, 0.25) is 0 Å². The molecular formula is C15H19N7O. The van der Waals surface area contributed by atoms with E-state index in [9.17, 15) is 0 Å². The summed E-state index contributed by atoms with van der Waals surface area (Å²) in [6, 6.07) is 0. The zero-order chi connectivity index (χ0) is 15.8. The summed E-state index contributed by atoms with van der Waals surface area (Å²) in [5, 5.41) is 12.2. The fraction of sp³-hybridized carbons (Fsp3) is 0.467. The summed E-state index contributed by atoms with van der Waals surface area (Å²) in [6.45, 7) is 2.50. The molecule has 1 saturated heterocycles. The first-order valence-electron chi connectivity index (χ1n) is 7.62. The van der Waals surface area contributed by atoms with Crippen LogP contribution < -0.4 is 4.90 Å². The van der Waals surface area contributed by atoms with E-state index in [1.54, 1.807) is 19.6 Å². The van der Waals surface area contributed by atoms with Crippen LogP contribution in [0.15, 0.2) is 24.9 Å². The van der Waals surface area contributed by atoms with Crippen molar-refractivity contribution in [2.24, 2.45) is 13.0 Å². The van der Waals surface area contributed by atoms with Gasteiger partial charge in [-0.05, 0) is 5.56 Å². The molecule has 1 aliphatic rings. The number of fused-ring (bicyclic) bond motifs is 1. The van der Waals surface area contributed by atoms with E-state index in [4.69, 9.17) is 4.74 Å². The predicted octanol–water partition coefficient (Wildman–Crippen LogP) is 0.953. The van der Waals surface area contributed by atoms with Crippen molar-refractivity contribution in [2.75, 3.05) is 31.7 Å². The van der Waals surface area contributed by atoms with Gasteiger partial charge in [-0.2, -0.15) is 10.2 Å². The molecule has 4 rings (SSSR count). The molecule has 0 unspecified atom stereocenters. The van der Waals surface area contributed by atoms with E-state index in [2.05, 4.69) is 36.4 Å². The molecule has 0 spiro atoms. The fourth-order valence-corrected chi connectivity index (χ4v) is 3.44. The molecule has 0 radical (unpaired) electrons. The standard InChI is InChI=1S/C15H19N7O/c1-21-5-10(3-19-21)13-7-22(6-11(13)8-23-2)15-12-4-18-20-14(12)16-9-17-15/h3-5,9,11,13H,6-8H2,1-2H3,(H,16,17,18,20)/t11-,13-/m0/s1. The van der Waals surface area contributed by atoms with Crippen LogP contribution >= 0.6 is 0 Å². The number of aromatic amines is 1. The molecule has 8 nitrogen and oxygen atoms in total. The highest BCUT2D eigenvalue weighted by atomic mass is 16.5. The van der Waals surface area contributed by atoms with Crippen LogP contribution in [0.1, 0.15) is 11.5 Å². The lowest BCUT2D eigenvalue weighted by Gasteiger charge is -2.17. The molecule has 3 aromatic heterocycles. The lowest BCUT2D eigenvalue weighted by atomic mass is 9.92. The predicted molar refractivity (Wildman–Crippen MR) is 85.2 cm³/mol. The molecule has 23 heavy (non-hydrogen) atoms. The van der Waals surface area contributed by atoms with Crippen molar-refractivity contribution in [1.29, 1.82) is 0 Å². The summed E-state index contributed by atoms with van der Waals surface area (Å²) in [4.78, 5) is 11.0. The minimum Gasteiger partial charge on any atom is -0.384 e. The number of nitrogens with zero attached hydrogens (tertiary/aromatic N) is 6. The van der Waals surface area contributed by atoms with Gasteiger partial charge in [-0.15, -0.1) is 0 Å². The number of anilines is 1. The highest BCUT2D eigenvalue weighted by Crippen LogP contribution is 2.36. The number of ether oxygens (including phenoxy) is 1. The molecule has 0 aromatic carbocycles. The highest BCUT2D eigenvalue weighted by Gasteiger charge is 2.35. The summed E-state index contributed by atoms with van der Waals surface area (Å²) < 4.78 is 7.28. The van der Waals surface area contributed by atoms with Crippen molar-refractivity contribution < 1.29 is 4.74 Å². The van der Waals surface area contributed by atoms with Gasteiger partial charge >= 0.3 is 0 Å². The highest BCUT2D eigenvalue weighted by molar-refractivity contribution is 5.86. The molecule has 120 valence electrons. The van der Waals surface area contributed by atoms with Gasteiger partial charge in [0, 0.05) is 45.3 Å². The average molecular weight is 313 g/mol. The van der Waals surface area contributed by atoms with E-state index in [0.29, 0.717) is 11.8 Å². The molecule has 2 atom stereocenters. The molecule has 3 aromatic rings. The van der Waals surface area contributed by atoms with Gasteiger partial charge in [-0.25, -0.2) is 9.97 Å². The fourth-order valence-electron chi connectivity index (χ4n) is 3.44. The Morgan fingerprint density at radius 1 is 1.30 bits per heavy atom. The number of H-pyrrole nitrogens is 1. The Kier molecular flexibility index (Phi) is 3.45. The van der Waals surface area contributed by atoms with Crippen LogP contribution in [0, 0.1) is 5.92 Å². The van der Waals surface area contributed by atoms with Crippen molar-refractivity contribution in [2.45, 2.75) is 5.92 Å². The molecule has 1 N–H and O–H groups in total. The number of hydrogen-bond acceptors (Lipinski definition) is 6. The second-order valence-corrected chi connectivity index (χ2v) is 6.00. The van der Waals surface area contributed by atoms with Gasteiger partial charge in [0.05, 0.1) is 24.4 Å². The number of aryl methyl sites for hydroxylation is 1. The Hall–Kier alpha value is -2.48. The SMILES string of the molecule is COC[C@@H]1CN(c2ncnc3[nH]ncc23)C[C@H]1c1cnn(C)c1. The normalized spacial score (nSPS) is 21.4. The van der Waals surface area contributed by atoms with Gasteiger partial charge in [0.1, 0.15) is 12.1 Å². The Balaban J connectivity index is 1.67. The number of rotatable bonds is 4. The van der Waals surface area contributed by atoms with E-state index in [1.165, 1.54) is 5.56 Å².